The largest absolute Gasteiger partial charge is 0.483 e. The van der Waals surface area contributed by atoms with Gasteiger partial charge in [0.25, 0.3) is 5.91 Å². The lowest BCUT2D eigenvalue weighted by atomic mass is 9.81. The predicted molar refractivity (Wildman–Crippen MR) is 158 cm³/mol. The van der Waals surface area contributed by atoms with Gasteiger partial charge in [-0.05, 0) is 61.9 Å². The summed E-state index contributed by atoms with van der Waals surface area (Å²) in [6, 6.07) is 11.6. The van der Waals surface area contributed by atoms with Crippen LogP contribution >= 0.6 is 11.8 Å². The second kappa shape index (κ2) is 12.3. The third-order valence-electron chi connectivity index (χ3n) is 7.17. The zero-order valence-electron chi connectivity index (χ0n) is 23.9. The Morgan fingerprint density at radius 2 is 1.85 bits per heavy atom. The Bertz CT molecular complexity index is 1440. The molecule has 8 nitrogen and oxygen atoms in total. The summed E-state index contributed by atoms with van der Waals surface area (Å²) < 4.78 is 30.9. The lowest BCUT2D eigenvalue weighted by molar-refractivity contribution is -0.140. The van der Waals surface area contributed by atoms with Crippen LogP contribution in [-0.2, 0) is 19.7 Å². The summed E-state index contributed by atoms with van der Waals surface area (Å²) in [5.74, 6) is 0.888. The summed E-state index contributed by atoms with van der Waals surface area (Å²) in [7, 11) is 0. The Morgan fingerprint density at radius 3 is 2.56 bits per heavy atom. The second-order valence-electron chi connectivity index (χ2n) is 11.2. The van der Waals surface area contributed by atoms with Crippen molar-refractivity contribution < 1.29 is 28.2 Å². The number of ether oxygens (including phenoxy) is 3. The lowest BCUT2D eigenvalue weighted by Gasteiger charge is -2.29. The highest BCUT2D eigenvalue weighted by atomic mass is 32.2. The van der Waals surface area contributed by atoms with Gasteiger partial charge >= 0.3 is 5.97 Å². The van der Waals surface area contributed by atoms with Crippen molar-refractivity contribution in [1.29, 1.82) is 0 Å². The number of esters is 1. The summed E-state index contributed by atoms with van der Waals surface area (Å²) >= 11 is 1.69. The smallest absolute Gasteiger partial charge is 0.342 e. The van der Waals surface area contributed by atoms with Crippen molar-refractivity contribution >= 4 is 40.1 Å². The van der Waals surface area contributed by atoms with Crippen LogP contribution < -0.4 is 4.74 Å². The highest BCUT2D eigenvalue weighted by molar-refractivity contribution is 7.99. The zero-order valence-corrected chi connectivity index (χ0v) is 24.7. The molecule has 0 atom stereocenters. The van der Waals surface area contributed by atoms with Crippen molar-refractivity contribution in [3.8, 4) is 5.75 Å². The SMILES string of the molecule is CC(C)OC(=O)C1=CN(C(=O)c2ccc(OCSCN3CCOCC3)cc2)CC(C)(C)c2c1[nH]c1cc(F)ccc21. The van der Waals surface area contributed by atoms with Gasteiger partial charge in [0.1, 0.15) is 17.5 Å². The zero-order chi connectivity index (χ0) is 29.1. The lowest BCUT2D eigenvalue weighted by Crippen LogP contribution is -2.37. The number of halogens is 1. The van der Waals surface area contributed by atoms with Gasteiger partial charge in [-0.25, -0.2) is 9.18 Å². The number of morpholine rings is 1. The Hall–Kier alpha value is -3.34. The summed E-state index contributed by atoms with van der Waals surface area (Å²) in [6.45, 7) is 11.3. The van der Waals surface area contributed by atoms with Crippen molar-refractivity contribution in [2.24, 2.45) is 0 Å². The number of carbonyl (C=O) groups excluding carboxylic acids is 2. The van der Waals surface area contributed by atoms with Crippen molar-refractivity contribution in [2.75, 3.05) is 44.7 Å². The standard InChI is InChI=1S/C31H36FN3O5S/c1-20(2)40-30(37)25-16-35(17-31(3,4)27-24-10-7-22(32)15-26(24)33-28(25)27)29(36)21-5-8-23(9-6-21)39-19-41-18-34-11-13-38-14-12-34/h5-10,15-16,20,33H,11-14,17-19H2,1-4H3. The number of fused-ring (bicyclic) bond motifs is 3. The van der Waals surface area contributed by atoms with Gasteiger partial charge in [0.05, 0.1) is 30.6 Å². The molecule has 0 saturated carbocycles. The van der Waals surface area contributed by atoms with Crippen LogP contribution in [0.5, 0.6) is 5.75 Å². The molecule has 2 aliphatic heterocycles. The van der Waals surface area contributed by atoms with E-state index in [9.17, 15) is 14.0 Å². The third-order valence-corrected chi connectivity index (χ3v) is 8.00. The first-order chi connectivity index (χ1) is 19.6. The van der Waals surface area contributed by atoms with E-state index in [1.165, 1.54) is 12.1 Å². The first-order valence-electron chi connectivity index (χ1n) is 13.8. The first-order valence-corrected chi connectivity index (χ1v) is 14.9. The predicted octanol–water partition coefficient (Wildman–Crippen LogP) is 5.39. The van der Waals surface area contributed by atoms with Crippen LogP contribution in [0.1, 0.15) is 49.3 Å². The van der Waals surface area contributed by atoms with Gasteiger partial charge in [0.15, 0.2) is 0 Å². The highest BCUT2D eigenvalue weighted by Gasteiger charge is 2.37. The number of thioether (sulfide) groups is 1. The molecule has 41 heavy (non-hydrogen) atoms. The molecule has 0 bridgehead atoms. The monoisotopic (exact) mass is 581 g/mol. The van der Waals surface area contributed by atoms with Crippen LogP contribution in [0.15, 0.2) is 48.7 Å². The maximum absolute atomic E-state index is 14.1. The molecular weight excluding hydrogens is 545 g/mol. The minimum atomic E-state index is -0.571. The molecule has 0 radical (unpaired) electrons. The maximum atomic E-state index is 14.1. The van der Waals surface area contributed by atoms with E-state index in [1.807, 2.05) is 13.8 Å². The summed E-state index contributed by atoms with van der Waals surface area (Å²) in [5.41, 5.74) is 2.09. The van der Waals surface area contributed by atoms with E-state index < -0.39 is 11.4 Å². The fourth-order valence-electron chi connectivity index (χ4n) is 5.27. The number of aromatic amines is 1. The van der Waals surface area contributed by atoms with Gasteiger partial charge in [-0.15, -0.1) is 11.8 Å². The van der Waals surface area contributed by atoms with E-state index in [4.69, 9.17) is 14.2 Å². The van der Waals surface area contributed by atoms with Crippen LogP contribution in [0.3, 0.4) is 0 Å². The Balaban J connectivity index is 1.37. The Kier molecular flexibility index (Phi) is 8.72. The molecule has 2 aromatic carbocycles. The molecule has 2 aliphatic rings. The molecule has 3 aromatic rings. The van der Waals surface area contributed by atoms with Crippen molar-refractivity contribution in [3.63, 3.8) is 0 Å². The molecule has 0 unspecified atom stereocenters. The molecule has 1 saturated heterocycles. The van der Waals surface area contributed by atoms with E-state index >= 15 is 0 Å². The van der Waals surface area contributed by atoms with E-state index in [1.54, 1.807) is 67.0 Å². The number of rotatable bonds is 8. The minimum absolute atomic E-state index is 0.224. The average Bonchev–Trinajstić information content (AvgIpc) is 3.27. The van der Waals surface area contributed by atoms with Gasteiger partial charge in [0, 0.05) is 53.6 Å². The van der Waals surface area contributed by atoms with Crippen LogP contribution in [0, 0.1) is 5.82 Å². The fourth-order valence-corrected chi connectivity index (χ4v) is 6.08. The molecule has 1 aromatic heterocycles. The number of hydrogen-bond donors (Lipinski definition) is 1. The Morgan fingerprint density at radius 1 is 1.12 bits per heavy atom. The van der Waals surface area contributed by atoms with Gasteiger partial charge < -0.3 is 24.1 Å². The number of aromatic nitrogens is 1. The molecule has 218 valence electrons. The Labute approximate surface area is 243 Å². The van der Waals surface area contributed by atoms with Crippen LogP contribution in [0.4, 0.5) is 4.39 Å². The van der Waals surface area contributed by atoms with Crippen LogP contribution in [-0.4, -0.2) is 77.4 Å². The quantitative estimate of drug-likeness (QED) is 0.217. The van der Waals surface area contributed by atoms with Gasteiger partial charge in [-0.3, -0.25) is 9.69 Å². The van der Waals surface area contributed by atoms with Crippen LogP contribution in [0.25, 0.3) is 16.5 Å². The maximum Gasteiger partial charge on any atom is 0.342 e. The molecule has 0 aliphatic carbocycles. The molecular formula is C31H36FN3O5S. The number of nitrogens with zero attached hydrogens (tertiary/aromatic N) is 2. The molecule has 5 rings (SSSR count). The van der Waals surface area contributed by atoms with Gasteiger partial charge in [-0.1, -0.05) is 13.8 Å². The van der Waals surface area contributed by atoms with Gasteiger partial charge in [0.2, 0.25) is 0 Å². The number of amides is 1. The highest BCUT2D eigenvalue weighted by Crippen LogP contribution is 2.41. The van der Waals surface area contributed by atoms with E-state index in [2.05, 4.69) is 9.88 Å². The minimum Gasteiger partial charge on any atom is -0.483 e. The molecule has 0 spiro atoms. The molecule has 10 heteroatoms. The van der Waals surface area contributed by atoms with E-state index in [-0.39, 0.29) is 23.4 Å². The van der Waals surface area contributed by atoms with Crippen molar-refractivity contribution in [2.45, 2.75) is 39.2 Å². The van der Waals surface area contributed by atoms with E-state index in [0.29, 0.717) is 35.0 Å². The normalized spacial score (nSPS) is 17.2. The topological polar surface area (TPSA) is 84.1 Å². The number of nitrogens with one attached hydrogen (secondary N) is 1. The first kappa shape index (κ1) is 29.2. The molecule has 1 N–H and O–H groups in total. The third kappa shape index (κ3) is 6.60. The van der Waals surface area contributed by atoms with Crippen LogP contribution in [0.2, 0.25) is 0 Å². The second-order valence-corrected chi connectivity index (χ2v) is 12.1. The number of carbonyl (C=O) groups is 2. The number of H-pyrrole nitrogens is 1. The van der Waals surface area contributed by atoms with Crippen molar-refractivity contribution in [3.05, 3.63) is 71.3 Å². The summed E-state index contributed by atoms with van der Waals surface area (Å²) in [6.07, 6.45) is 1.20. The average molecular weight is 582 g/mol. The summed E-state index contributed by atoms with van der Waals surface area (Å²) in [5, 5.41) is 0.803. The molecule has 1 fully saturated rings. The fraction of sp³-hybridized carbons (Fsp3) is 0.419. The van der Waals surface area contributed by atoms with Crippen molar-refractivity contribution in [1.82, 2.24) is 14.8 Å². The van der Waals surface area contributed by atoms with E-state index in [0.717, 1.165) is 43.1 Å². The number of benzene rings is 2. The molecule has 1 amide bonds. The van der Waals surface area contributed by atoms with Gasteiger partial charge in [-0.2, -0.15) is 0 Å². The molecule has 3 heterocycles. The summed E-state index contributed by atoms with van der Waals surface area (Å²) in [4.78, 5) is 34.2. The number of hydrogen-bond acceptors (Lipinski definition) is 7.